The predicted octanol–water partition coefficient (Wildman–Crippen LogP) is 3.75. The number of benzene rings is 2. The van der Waals surface area contributed by atoms with Crippen molar-refractivity contribution in [3.05, 3.63) is 72.8 Å². The van der Waals surface area contributed by atoms with Crippen LogP contribution >= 0.6 is 0 Å². The molecule has 1 aliphatic rings. The van der Waals surface area contributed by atoms with Crippen LogP contribution in [0.2, 0.25) is 0 Å². The predicted molar refractivity (Wildman–Crippen MR) is 94.5 cm³/mol. The molecule has 0 spiro atoms. The standard InChI is InChI=1S/C20H19N3O/c24-20(17-10-12-23-13-11-21-19(23)14-17)22-18-8-6-16(7-9-18)15-4-2-1-3-5-15/h1-9,11,13,17H,10,12,14H2,(H,22,24)/t17-/m0/s1. The number of hydrogen-bond donors (Lipinski definition) is 1. The number of nitrogens with zero attached hydrogens (tertiary/aromatic N) is 2. The molecule has 4 rings (SSSR count). The topological polar surface area (TPSA) is 46.9 Å². The van der Waals surface area contributed by atoms with E-state index < -0.39 is 0 Å². The smallest absolute Gasteiger partial charge is 0.228 e. The molecule has 0 bridgehead atoms. The Labute approximate surface area is 141 Å². The van der Waals surface area contributed by atoms with Gasteiger partial charge in [-0.25, -0.2) is 4.98 Å². The first-order valence-corrected chi connectivity index (χ1v) is 8.26. The summed E-state index contributed by atoms with van der Waals surface area (Å²) < 4.78 is 2.12. The van der Waals surface area contributed by atoms with Crippen LogP contribution in [0.25, 0.3) is 11.1 Å². The summed E-state index contributed by atoms with van der Waals surface area (Å²) >= 11 is 0. The van der Waals surface area contributed by atoms with E-state index >= 15 is 0 Å². The number of anilines is 1. The fourth-order valence-electron chi connectivity index (χ4n) is 3.20. The van der Waals surface area contributed by atoms with Gasteiger partial charge in [-0.15, -0.1) is 0 Å². The third-order valence-electron chi connectivity index (χ3n) is 4.58. The van der Waals surface area contributed by atoms with E-state index in [2.05, 4.69) is 27.0 Å². The highest BCUT2D eigenvalue weighted by Gasteiger charge is 2.25. The van der Waals surface area contributed by atoms with Gasteiger partial charge in [-0.3, -0.25) is 4.79 Å². The van der Waals surface area contributed by atoms with Crippen molar-refractivity contribution < 1.29 is 4.79 Å². The van der Waals surface area contributed by atoms with Crippen molar-refractivity contribution in [2.75, 3.05) is 5.32 Å². The number of aryl methyl sites for hydroxylation is 1. The van der Waals surface area contributed by atoms with Crippen molar-refractivity contribution in [1.82, 2.24) is 9.55 Å². The Morgan fingerprint density at radius 2 is 1.79 bits per heavy atom. The molecule has 1 aromatic heterocycles. The number of nitrogens with one attached hydrogen (secondary N) is 1. The van der Waals surface area contributed by atoms with Crippen molar-refractivity contribution in [2.45, 2.75) is 19.4 Å². The highest BCUT2D eigenvalue weighted by molar-refractivity contribution is 5.93. The molecule has 24 heavy (non-hydrogen) atoms. The van der Waals surface area contributed by atoms with E-state index in [4.69, 9.17) is 0 Å². The number of hydrogen-bond acceptors (Lipinski definition) is 2. The fourth-order valence-corrected chi connectivity index (χ4v) is 3.20. The summed E-state index contributed by atoms with van der Waals surface area (Å²) in [5, 5.41) is 3.04. The first-order chi connectivity index (χ1) is 11.8. The molecule has 0 saturated heterocycles. The third-order valence-corrected chi connectivity index (χ3v) is 4.58. The molecule has 0 aliphatic carbocycles. The minimum Gasteiger partial charge on any atom is -0.335 e. The molecule has 4 nitrogen and oxygen atoms in total. The van der Waals surface area contributed by atoms with Crippen LogP contribution in [0.15, 0.2) is 67.0 Å². The summed E-state index contributed by atoms with van der Waals surface area (Å²) in [5.74, 6) is 1.08. The fraction of sp³-hybridized carbons (Fsp3) is 0.200. The quantitative estimate of drug-likeness (QED) is 0.799. The highest BCUT2D eigenvalue weighted by Crippen LogP contribution is 2.23. The molecule has 0 radical (unpaired) electrons. The molecule has 1 N–H and O–H groups in total. The molecule has 2 aromatic carbocycles. The van der Waals surface area contributed by atoms with Crippen molar-refractivity contribution in [1.29, 1.82) is 0 Å². The number of carbonyl (C=O) groups excluding carboxylic acids is 1. The highest BCUT2D eigenvalue weighted by atomic mass is 16.1. The van der Waals surface area contributed by atoms with Crippen LogP contribution in [-0.2, 0) is 17.8 Å². The normalized spacial score (nSPS) is 16.4. The maximum absolute atomic E-state index is 12.5. The lowest BCUT2D eigenvalue weighted by Gasteiger charge is -2.22. The molecule has 0 fully saturated rings. The lowest BCUT2D eigenvalue weighted by Crippen LogP contribution is -2.30. The molecule has 1 amide bonds. The minimum atomic E-state index is -0.00583. The van der Waals surface area contributed by atoms with Crippen LogP contribution in [0.1, 0.15) is 12.2 Å². The minimum absolute atomic E-state index is 0.00583. The summed E-state index contributed by atoms with van der Waals surface area (Å²) in [6, 6.07) is 18.2. The lowest BCUT2D eigenvalue weighted by molar-refractivity contribution is -0.120. The largest absolute Gasteiger partial charge is 0.335 e. The second-order valence-electron chi connectivity index (χ2n) is 6.16. The number of rotatable bonds is 3. The van der Waals surface area contributed by atoms with Crippen molar-refractivity contribution in [3.8, 4) is 11.1 Å². The molecule has 1 aliphatic heterocycles. The van der Waals surface area contributed by atoms with Crippen LogP contribution in [0.5, 0.6) is 0 Å². The lowest BCUT2D eigenvalue weighted by atomic mass is 9.96. The number of aromatic nitrogens is 2. The summed E-state index contributed by atoms with van der Waals surface area (Å²) in [4.78, 5) is 16.8. The summed E-state index contributed by atoms with van der Waals surface area (Å²) in [7, 11) is 0. The van der Waals surface area contributed by atoms with E-state index in [1.54, 1.807) is 6.20 Å². The van der Waals surface area contributed by atoms with E-state index in [0.29, 0.717) is 6.42 Å². The van der Waals surface area contributed by atoms with Crippen molar-refractivity contribution in [2.24, 2.45) is 5.92 Å². The summed E-state index contributed by atoms with van der Waals surface area (Å²) in [6.07, 6.45) is 5.35. The third kappa shape index (κ3) is 2.95. The number of amides is 1. The van der Waals surface area contributed by atoms with E-state index in [-0.39, 0.29) is 11.8 Å². The first kappa shape index (κ1) is 14.7. The maximum Gasteiger partial charge on any atom is 0.228 e. The molecule has 0 unspecified atom stereocenters. The van der Waals surface area contributed by atoms with Crippen LogP contribution in [0, 0.1) is 5.92 Å². The molecular weight excluding hydrogens is 298 g/mol. The zero-order valence-corrected chi connectivity index (χ0v) is 13.4. The number of fused-ring (bicyclic) bond motifs is 1. The van der Waals surface area contributed by atoms with Crippen LogP contribution < -0.4 is 5.32 Å². The van der Waals surface area contributed by atoms with Crippen LogP contribution in [0.3, 0.4) is 0 Å². The van der Waals surface area contributed by atoms with Gasteiger partial charge in [-0.05, 0) is 29.7 Å². The van der Waals surface area contributed by atoms with Gasteiger partial charge < -0.3 is 9.88 Å². The van der Waals surface area contributed by atoms with Gasteiger partial charge >= 0.3 is 0 Å². The van der Waals surface area contributed by atoms with Gasteiger partial charge in [0.2, 0.25) is 5.91 Å². The van der Waals surface area contributed by atoms with Gasteiger partial charge in [0, 0.05) is 37.0 Å². The van der Waals surface area contributed by atoms with Gasteiger partial charge in [0.1, 0.15) is 5.82 Å². The Balaban J connectivity index is 1.43. The summed E-state index contributed by atoms with van der Waals surface area (Å²) in [6.45, 7) is 0.861. The van der Waals surface area contributed by atoms with Crippen molar-refractivity contribution in [3.63, 3.8) is 0 Å². The van der Waals surface area contributed by atoms with Gasteiger partial charge in [0.25, 0.3) is 0 Å². The molecule has 0 saturated carbocycles. The molecule has 120 valence electrons. The zero-order valence-electron chi connectivity index (χ0n) is 13.4. The van der Waals surface area contributed by atoms with E-state index in [9.17, 15) is 4.79 Å². The van der Waals surface area contributed by atoms with Gasteiger partial charge in [0.15, 0.2) is 0 Å². The van der Waals surface area contributed by atoms with Crippen LogP contribution in [0.4, 0.5) is 5.69 Å². The molecule has 2 heterocycles. The molecule has 1 atom stereocenters. The van der Waals surface area contributed by atoms with E-state index in [1.807, 2.05) is 48.7 Å². The van der Waals surface area contributed by atoms with Gasteiger partial charge in [0.05, 0.1) is 0 Å². The number of imidazole rings is 1. The Bertz CT molecular complexity index is 837. The van der Waals surface area contributed by atoms with Gasteiger partial charge in [-0.1, -0.05) is 42.5 Å². The summed E-state index contributed by atoms with van der Waals surface area (Å²) in [5.41, 5.74) is 3.16. The van der Waals surface area contributed by atoms with E-state index in [1.165, 1.54) is 5.56 Å². The van der Waals surface area contributed by atoms with Crippen LogP contribution in [-0.4, -0.2) is 15.5 Å². The average molecular weight is 317 g/mol. The average Bonchev–Trinajstić information content (AvgIpc) is 3.11. The van der Waals surface area contributed by atoms with Gasteiger partial charge in [-0.2, -0.15) is 0 Å². The second-order valence-corrected chi connectivity index (χ2v) is 6.16. The maximum atomic E-state index is 12.5. The zero-order chi connectivity index (χ0) is 16.4. The monoisotopic (exact) mass is 317 g/mol. The Morgan fingerprint density at radius 1 is 1.04 bits per heavy atom. The molecule has 4 heteroatoms. The number of carbonyl (C=O) groups is 1. The van der Waals surface area contributed by atoms with Crippen molar-refractivity contribution >= 4 is 11.6 Å². The molecular formula is C20H19N3O. The Hall–Kier alpha value is -2.88. The molecule has 3 aromatic rings. The Morgan fingerprint density at radius 3 is 2.58 bits per heavy atom. The second kappa shape index (κ2) is 6.32. The first-order valence-electron chi connectivity index (χ1n) is 8.26. The SMILES string of the molecule is O=C(Nc1ccc(-c2ccccc2)cc1)[C@H]1CCn2ccnc2C1. The Kier molecular flexibility index (Phi) is 3.87. The van der Waals surface area contributed by atoms with E-state index in [0.717, 1.165) is 30.0 Å².